The third-order valence-electron chi connectivity index (χ3n) is 2.81. The molecule has 4 nitrogen and oxygen atoms in total. The molecule has 0 unspecified atom stereocenters. The number of hydrogen-bond donors (Lipinski definition) is 1. The lowest BCUT2D eigenvalue weighted by molar-refractivity contribution is 0.415. The molecule has 0 aliphatic heterocycles. The molecule has 0 fully saturated rings. The summed E-state index contributed by atoms with van der Waals surface area (Å²) in [4.78, 5) is 7.34. The fraction of sp³-hybridized carbons (Fsp3) is 0.286. The summed E-state index contributed by atoms with van der Waals surface area (Å²) in [6, 6.07) is 6.17. The highest BCUT2D eigenvalue weighted by Gasteiger charge is 2.12. The van der Waals surface area contributed by atoms with Gasteiger partial charge >= 0.3 is 0 Å². The molecule has 0 saturated carbocycles. The van der Waals surface area contributed by atoms with Gasteiger partial charge < -0.3 is 9.72 Å². The summed E-state index contributed by atoms with van der Waals surface area (Å²) in [5, 5.41) is 8.66. The number of hydrogen-bond acceptors (Lipinski definition) is 3. The van der Waals surface area contributed by atoms with Gasteiger partial charge in [-0.3, -0.25) is 0 Å². The molecule has 0 saturated heterocycles. The summed E-state index contributed by atoms with van der Waals surface area (Å²) >= 11 is 0. The number of nitriles is 1. The molecule has 1 aromatic carbocycles. The molecule has 0 atom stereocenters. The van der Waals surface area contributed by atoms with Gasteiger partial charge in [-0.15, -0.1) is 0 Å². The molecule has 0 aliphatic carbocycles. The Balaban J connectivity index is 2.52. The topological polar surface area (TPSA) is 61.7 Å². The average Bonchev–Trinajstić information content (AvgIpc) is 2.76. The summed E-state index contributed by atoms with van der Waals surface area (Å²) in [6.07, 6.45) is 2.03. The zero-order valence-electron chi connectivity index (χ0n) is 10.7. The Morgan fingerprint density at radius 2 is 2.17 bits per heavy atom. The van der Waals surface area contributed by atoms with Crippen LogP contribution in [-0.2, 0) is 6.42 Å². The lowest BCUT2D eigenvalue weighted by Gasteiger charge is -2.11. The first-order valence-electron chi connectivity index (χ1n) is 5.72. The summed E-state index contributed by atoms with van der Waals surface area (Å²) in [7, 11) is 1.66. The fourth-order valence-corrected chi connectivity index (χ4v) is 2.09. The van der Waals surface area contributed by atoms with Crippen LogP contribution in [0, 0.1) is 25.2 Å². The van der Waals surface area contributed by atoms with Crippen molar-refractivity contribution in [2.45, 2.75) is 20.3 Å². The second-order valence-electron chi connectivity index (χ2n) is 4.24. The van der Waals surface area contributed by atoms with Crippen LogP contribution in [0.4, 0.5) is 0 Å². The molecule has 0 amide bonds. The van der Waals surface area contributed by atoms with Crippen molar-refractivity contribution in [2.24, 2.45) is 0 Å². The number of aromatic amines is 1. The standard InChI is InChI=1S/C14H15N3O/c1-9-6-10(2)14(12(7-9)18-3)11-8-16-13(17-11)4-5-15/h6-8H,4H2,1-3H3,(H,16,17). The van der Waals surface area contributed by atoms with Crippen molar-refractivity contribution in [3.8, 4) is 23.1 Å². The normalized spacial score (nSPS) is 10.1. The maximum atomic E-state index is 8.66. The Morgan fingerprint density at radius 3 is 2.83 bits per heavy atom. The van der Waals surface area contributed by atoms with Crippen LogP contribution in [0.25, 0.3) is 11.3 Å². The van der Waals surface area contributed by atoms with Crippen molar-refractivity contribution in [3.05, 3.63) is 35.3 Å². The Hall–Kier alpha value is -2.28. The number of aromatic nitrogens is 2. The van der Waals surface area contributed by atoms with Crippen molar-refractivity contribution >= 4 is 0 Å². The number of methoxy groups -OCH3 is 1. The van der Waals surface area contributed by atoms with E-state index in [-0.39, 0.29) is 6.42 Å². The predicted octanol–water partition coefficient (Wildman–Crippen LogP) is 2.77. The van der Waals surface area contributed by atoms with Crippen LogP contribution in [0.3, 0.4) is 0 Å². The van der Waals surface area contributed by atoms with E-state index in [1.807, 2.05) is 19.9 Å². The van der Waals surface area contributed by atoms with Gasteiger partial charge in [0.25, 0.3) is 0 Å². The van der Waals surface area contributed by atoms with E-state index in [9.17, 15) is 0 Å². The first kappa shape index (κ1) is 12.2. The number of benzene rings is 1. The molecule has 2 rings (SSSR count). The maximum Gasteiger partial charge on any atom is 0.128 e. The van der Waals surface area contributed by atoms with Crippen LogP contribution < -0.4 is 4.74 Å². The highest BCUT2D eigenvalue weighted by atomic mass is 16.5. The van der Waals surface area contributed by atoms with Crippen LogP contribution in [0.1, 0.15) is 17.0 Å². The highest BCUT2D eigenvalue weighted by Crippen LogP contribution is 2.33. The lowest BCUT2D eigenvalue weighted by atomic mass is 10.0. The van der Waals surface area contributed by atoms with Crippen molar-refractivity contribution in [2.75, 3.05) is 7.11 Å². The molecule has 1 N–H and O–H groups in total. The van der Waals surface area contributed by atoms with Gasteiger partial charge in [-0.25, -0.2) is 4.98 Å². The molecule has 4 heteroatoms. The Bertz CT molecular complexity index is 608. The summed E-state index contributed by atoms with van der Waals surface area (Å²) in [5.74, 6) is 1.49. The van der Waals surface area contributed by atoms with Crippen LogP contribution in [0.2, 0.25) is 0 Å². The number of aryl methyl sites for hydroxylation is 2. The first-order valence-corrected chi connectivity index (χ1v) is 5.72. The molecular weight excluding hydrogens is 226 g/mol. The fourth-order valence-electron chi connectivity index (χ4n) is 2.09. The van der Waals surface area contributed by atoms with E-state index < -0.39 is 0 Å². The number of ether oxygens (including phenoxy) is 1. The van der Waals surface area contributed by atoms with E-state index in [0.717, 1.165) is 28.1 Å². The molecule has 18 heavy (non-hydrogen) atoms. The average molecular weight is 241 g/mol. The maximum absolute atomic E-state index is 8.66. The molecule has 2 aromatic rings. The number of rotatable bonds is 3. The van der Waals surface area contributed by atoms with Gasteiger partial charge in [0.1, 0.15) is 11.6 Å². The summed E-state index contributed by atoms with van der Waals surface area (Å²) < 4.78 is 5.42. The molecule has 0 aliphatic rings. The predicted molar refractivity (Wildman–Crippen MR) is 69.4 cm³/mol. The minimum Gasteiger partial charge on any atom is -0.496 e. The highest BCUT2D eigenvalue weighted by molar-refractivity contribution is 5.71. The van der Waals surface area contributed by atoms with Crippen LogP contribution in [0.5, 0.6) is 5.75 Å². The van der Waals surface area contributed by atoms with Gasteiger partial charge in [-0.1, -0.05) is 6.07 Å². The van der Waals surface area contributed by atoms with Gasteiger partial charge in [0.15, 0.2) is 0 Å². The van der Waals surface area contributed by atoms with Gasteiger partial charge in [0, 0.05) is 5.56 Å². The first-order chi connectivity index (χ1) is 8.65. The van der Waals surface area contributed by atoms with E-state index in [1.165, 1.54) is 0 Å². The Labute approximate surface area is 106 Å². The van der Waals surface area contributed by atoms with Gasteiger partial charge in [0.2, 0.25) is 0 Å². The minimum absolute atomic E-state index is 0.285. The van der Waals surface area contributed by atoms with Gasteiger partial charge in [0.05, 0.1) is 31.5 Å². The molecule has 0 spiro atoms. The van der Waals surface area contributed by atoms with E-state index in [2.05, 4.69) is 22.1 Å². The third-order valence-corrected chi connectivity index (χ3v) is 2.81. The second kappa shape index (κ2) is 4.92. The van der Waals surface area contributed by atoms with E-state index in [1.54, 1.807) is 13.3 Å². The minimum atomic E-state index is 0.285. The van der Waals surface area contributed by atoms with Gasteiger partial charge in [-0.2, -0.15) is 5.26 Å². The monoisotopic (exact) mass is 241 g/mol. The molecule has 92 valence electrons. The van der Waals surface area contributed by atoms with Crippen molar-refractivity contribution in [1.82, 2.24) is 9.97 Å². The van der Waals surface area contributed by atoms with Crippen molar-refractivity contribution < 1.29 is 4.74 Å². The third kappa shape index (κ3) is 2.21. The number of nitrogens with one attached hydrogen (secondary N) is 1. The molecule has 1 aromatic heterocycles. The van der Waals surface area contributed by atoms with E-state index in [4.69, 9.17) is 10.00 Å². The van der Waals surface area contributed by atoms with E-state index >= 15 is 0 Å². The summed E-state index contributed by atoms with van der Waals surface area (Å²) in [5.41, 5.74) is 4.17. The van der Waals surface area contributed by atoms with Crippen molar-refractivity contribution in [1.29, 1.82) is 5.26 Å². The SMILES string of the molecule is COc1cc(C)cc(C)c1-c1cnc(CC#N)[nH]1. The second-order valence-corrected chi connectivity index (χ2v) is 4.24. The molecule has 1 heterocycles. The smallest absolute Gasteiger partial charge is 0.128 e. The molecular formula is C14H15N3O. The Morgan fingerprint density at radius 1 is 1.39 bits per heavy atom. The van der Waals surface area contributed by atoms with Crippen LogP contribution in [0.15, 0.2) is 18.3 Å². The largest absolute Gasteiger partial charge is 0.496 e. The lowest BCUT2D eigenvalue weighted by Crippen LogP contribution is -1.93. The Kier molecular flexibility index (Phi) is 3.33. The zero-order valence-corrected chi connectivity index (χ0v) is 10.7. The number of imidazole rings is 1. The number of H-pyrrole nitrogens is 1. The van der Waals surface area contributed by atoms with Gasteiger partial charge in [-0.05, 0) is 31.0 Å². The quantitative estimate of drug-likeness (QED) is 0.898. The number of nitrogens with zero attached hydrogens (tertiary/aromatic N) is 2. The molecule has 0 radical (unpaired) electrons. The van der Waals surface area contributed by atoms with Crippen LogP contribution >= 0.6 is 0 Å². The van der Waals surface area contributed by atoms with E-state index in [0.29, 0.717) is 5.82 Å². The van der Waals surface area contributed by atoms with Crippen molar-refractivity contribution in [3.63, 3.8) is 0 Å². The summed E-state index contributed by atoms with van der Waals surface area (Å²) in [6.45, 7) is 4.07. The zero-order chi connectivity index (χ0) is 13.1. The van der Waals surface area contributed by atoms with Crippen LogP contribution in [-0.4, -0.2) is 17.1 Å². The molecule has 0 bridgehead atoms.